The van der Waals surface area contributed by atoms with Crippen LogP contribution in [-0.4, -0.2) is 25.6 Å². The molecule has 0 bridgehead atoms. The van der Waals surface area contributed by atoms with Crippen molar-refractivity contribution in [3.63, 3.8) is 0 Å². The van der Waals surface area contributed by atoms with Crippen LogP contribution >= 0.6 is 15.9 Å². The Labute approximate surface area is 123 Å². The number of hydrogen-bond donors (Lipinski definition) is 2. The fraction of sp³-hybridized carbons (Fsp3) is 0.500. The number of anilines is 1. The summed E-state index contributed by atoms with van der Waals surface area (Å²) in [7, 11) is 1.88. The van der Waals surface area contributed by atoms with Crippen LogP contribution in [0, 0.1) is 0 Å². The van der Waals surface area contributed by atoms with Gasteiger partial charge in [-0.25, -0.2) is 0 Å². The maximum Gasteiger partial charge on any atom is 0.224 e. The van der Waals surface area contributed by atoms with Gasteiger partial charge in [0.05, 0.1) is 6.10 Å². The molecule has 0 aliphatic rings. The summed E-state index contributed by atoms with van der Waals surface area (Å²) in [6.07, 6.45) is 1.44. The number of carbonyl (C=O) groups is 1. The molecular formula is C14H21BrN2O2. The Balaban J connectivity index is 2.62. The van der Waals surface area contributed by atoms with Gasteiger partial charge in [0, 0.05) is 22.6 Å². The van der Waals surface area contributed by atoms with Crippen molar-refractivity contribution in [2.24, 2.45) is 0 Å². The van der Waals surface area contributed by atoms with E-state index in [0.29, 0.717) is 6.42 Å². The third-order valence-electron chi connectivity index (χ3n) is 2.36. The lowest BCUT2D eigenvalue weighted by atomic mass is 10.2. The quantitative estimate of drug-likeness (QED) is 0.756. The normalized spacial score (nSPS) is 10.6. The van der Waals surface area contributed by atoms with E-state index in [4.69, 9.17) is 4.74 Å². The van der Waals surface area contributed by atoms with Gasteiger partial charge in [-0.3, -0.25) is 4.79 Å². The highest BCUT2D eigenvalue weighted by atomic mass is 79.9. The first-order valence-corrected chi connectivity index (χ1v) is 7.22. The van der Waals surface area contributed by atoms with E-state index in [1.807, 2.05) is 39.1 Å². The SMILES string of the molecule is CNCCCC(=O)Nc1cc(Br)cc(OC(C)C)c1. The van der Waals surface area contributed by atoms with Crippen molar-refractivity contribution in [1.82, 2.24) is 5.32 Å². The van der Waals surface area contributed by atoms with Crippen LogP contribution in [0.25, 0.3) is 0 Å². The zero-order chi connectivity index (χ0) is 14.3. The van der Waals surface area contributed by atoms with Gasteiger partial charge in [-0.1, -0.05) is 15.9 Å². The topological polar surface area (TPSA) is 50.4 Å². The Hall–Kier alpha value is -1.07. The minimum Gasteiger partial charge on any atom is -0.491 e. The van der Waals surface area contributed by atoms with Crippen molar-refractivity contribution in [2.75, 3.05) is 18.9 Å². The number of halogens is 1. The lowest BCUT2D eigenvalue weighted by Crippen LogP contribution is -2.15. The predicted octanol–water partition coefficient (Wildman–Crippen LogP) is 3.17. The van der Waals surface area contributed by atoms with Crippen molar-refractivity contribution in [3.8, 4) is 5.75 Å². The molecule has 1 aromatic rings. The van der Waals surface area contributed by atoms with Gasteiger partial charge in [0.2, 0.25) is 5.91 Å². The van der Waals surface area contributed by atoms with Crippen LogP contribution in [0.1, 0.15) is 26.7 Å². The molecule has 0 saturated carbocycles. The zero-order valence-corrected chi connectivity index (χ0v) is 13.2. The highest BCUT2D eigenvalue weighted by Crippen LogP contribution is 2.25. The molecule has 0 unspecified atom stereocenters. The molecule has 1 aromatic carbocycles. The predicted molar refractivity (Wildman–Crippen MR) is 81.7 cm³/mol. The first-order valence-electron chi connectivity index (χ1n) is 6.43. The minimum atomic E-state index is 0.0175. The molecule has 0 aliphatic heterocycles. The Morgan fingerprint density at radius 2 is 2.11 bits per heavy atom. The number of ether oxygens (including phenoxy) is 1. The summed E-state index contributed by atoms with van der Waals surface area (Å²) < 4.78 is 6.51. The van der Waals surface area contributed by atoms with Crippen molar-refractivity contribution in [2.45, 2.75) is 32.8 Å². The van der Waals surface area contributed by atoms with Gasteiger partial charge in [-0.15, -0.1) is 0 Å². The van der Waals surface area contributed by atoms with Crippen LogP contribution in [0.15, 0.2) is 22.7 Å². The summed E-state index contributed by atoms with van der Waals surface area (Å²) in [5.74, 6) is 0.763. The second kappa shape index (κ2) is 8.17. The van der Waals surface area contributed by atoms with Crippen molar-refractivity contribution in [3.05, 3.63) is 22.7 Å². The average Bonchev–Trinajstić information content (AvgIpc) is 2.27. The molecule has 5 heteroatoms. The molecule has 1 amide bonds. The van der Waals surface area contributed by atoms with Gasteiger partial charge >= 0.3 is 0 Å². The van der Waals surface area contributed by atoms with Crippen LogP contribution in [0.2, 0.25) is 0 Å². The zero-order valence-electron chi connectivity index (χ0n) is 11.6. The Morgan fingerprint density at radius 3 is 2.74 bits per heavy atom. The van der Waals surface area contributed by atoms with Gasteiger partial charge in [-0.2, -0.15) is 0 Å². The van der Waals surface area contributed by atoms with Gasteiger partial charge in [0.1, 0.15) is 5.75 Å². The van der Waals surface area contributed by atoms with Crippen molar-refractivity contribution < 1.29 is 9.53 Å². The molecule has 0 fully saturated rings. The smallest absolute Gasteiger partial charge is 0.224 e. The second-order valence-corrected chi connectivity index (χ2v) is 5.51. The van der Waals surface area contributed by atoms with Gasteiger partial charge < -0.3 is 15.4 Å². The fourth-order valence-corrected chi connectivity index (χ4v) is 2.10. The number of rotatable bonds is 7. The number of hydrogen-bond acceptors (Lipinski definition) is 3. The number of carbonyl (C=O) groups excluding carboxylic acids is 1. The van der Waals surface area contributed by atoms with Crippen molar-refractivity contribution in [1.29, 1.82) is 0 Å². The van der Waals surface area contributed by atoms with E-state index in [0.717, 1.165) is 28.9 Å². The molecule has 19 heavy (non-hydrogen) atoms. The molecule has 0 spiro atoms. The second-order valence-electron chi connectivity index (χ2n) is 4.60. The summed E-state index contributed by atoms with van der Waals surface area (Å²) >= 11 is 3.42. The molecule has 4 nitrogen and oxygen atoms in total. The fourth-order valence-electron chi connectivity index (χ4n) is 1.62. The highest BCUT2D eigenvalue weighted by Gasteiger charge is 2.06. The summed E-state index contributed by atoms with van der Waals surface area (Å²) in [6, 6.07) is 5.58. The Bertz CT molecular complexity index is 422. The van der Waals surface area contributed by atoms with Gasteiger partial charge in [0.25, 0.3) is 0 Å². The Kier molecular flexibility index (Phi) is 6.87. The van der Waals surface area contributed by atoms with E-state index >= 15 is 0 Å². The van der Waals surface area contributed by atoms with Crippen LogP contribution in [0.3, 0.4) is 0 Å². The molecular weight excluding hydrogens is 308 g/mol. The van der Waals surface area contributed by atoms with E-state index in [9.17, 15) is 4.79 Å². The molecule has 0 radical (unpaired) electrons. The molecule has 0 aliphatic carbocycles. The van der Waals surface area contributed by atoms with E-state index in [1.165, 1.54) is 0 Å². The summed E-state index contributed by atoms with van der Waals surface area (Å²) in [5, 5.41) is 5.90. The van der Waals surface area contributed by atoms with E-state index in [2.05, 4.69) is 26.6 Å². The molecule has 0 heterocycles. The van der Waals surface area contributed by atoms with E-state index in [-0.39, 0.29) is 12.0 Å². The largest absolute Gasteiger partial charge is 0.491 e. The maximum absolute atomic E-state index is 11.7. The lowest BCUT2D eigenvalue weighted by molar-refractivity contribution is -0.116. The maximum atomic E-state index is 11.7. The number of amides is 1. The highest BCUT2D eigenvalue weighted by molar-refractivity contribution is 9.10. The lowest BCUT2D eigenvalue weighted by Gasteiger charge is -2.12. The summed E-state index contributed by atoms with van der Waals surface area (Å²) in [4.78, 5) is 11.7. The molecule has 2 N–H and O–H groups in total. The summed E-state index contributed by atoms with van der Waals surface area (Å²) in [6.45, 7) is 4.78. The van der Waals surface area contributed by atoms with Gasteiger partial charge in [0.15, 0.2) is 0 Å². The molecule has 106 valence electrons. The molecule has 0 atom stereocenters. The van der Waals surface area contributed by atoms with E-state index in [1.54, 1.807) is 0 Å². The minimum absolute atomic E-state index is 0.0175. The number of benzene rings is 1. The third-order valence-corrected chi connectivity index (χ3v) is 2.82. The third kappa shape index (κ3) is 6.59. The number of nitrogens with one attached hydrogen (secondary N) is 2. The Morgan fingerprint density at radius 1 is 1.37 bits per heavy atom. The van der Waals surface area contributed by atoms with Crippen LogP contribution in [-0.2, 0) is 4.79 Å². The first kappa shape index (κ1) is 16.0. The standard InChI is InChI=1S/C14H21BrN2O2/c1-10(2)19-13-8-11(15)7-12(9-13)17-14(18)5-4-6-16-3/h7-10,16H,4-6H2,1-3H3,(H,17,18). The van der Waals surface area contributed by atoms with Crippen LogP contribution < -0.4 is 15.4 Å². The van der Waals surface area contributed by atoms with Gasteiger partial charge in [-0.05, 0) is 46.0 Å². The summed E-state index contributed by atoms with van der Waals surface area (Å²) in [5.41, 5.74) is 0.750. The van der Waals surface area contributed by atoms with Crippen LogP contribution in [0.4, 0.5) is 5.69 Å². The molecule has 0 aromatic heterocycles. The van der Waals surface area contributed by atoms with Crippen LogP contribution in [0.5, 0.6) is 5.75 Å². The first-order chi connectivity index (χ1) is 9.01. The van der Waals surface area contributed by atoms with E-state index < -0.39 is 0 Å². The van der Waals surface area contributed by atoms with Crippen molar-refractivity contribution >= 4 is 27.5 Å². The monoisotopic (exact) mass is 328 g/mol. The molecule has 0 saturated heterocycles. The average molecular weight is 329 g/mol. The molecule has 1 rings (SSSR count).